The summed E-state index contributed by atoms with van der Waals surface area (Å²) >= 11 is 0. The molecule has 1 aliphatic rings. The highest BCUT2D eigenvalue weighted by Gasteiger charge is 2.51. The number of carboxylic acids is 1. The first-order valence-corrected chi connectivity index (χ1v) is 4.04. The van der Waals surface area contributed by atoms with E-state index in [1.54, 1.807) is 0 Å². The van der Waals surface area contributed by atoms with Gasteiger partial charge in [-0.25, -0.2) is 0 Å². The second kappa shape index (κ2) is 2.48. The molecule has 0 aliphatic heterocycles. The number of carboxylic acid groups (broad SMARTS) is 1. The zero-order valence-corrected chi connectivity index (χ0v) is 7.00. The van der Waals surface area contributed by atoms with Gasteiger partial charge in [0.1, 0.15) is 5.54 Å². The Bertz CT molecular complexity index is 181. The van der Waals surface area contributed by atoms with E-state index in [1.807, 2.05) is 13.8 Å². The maximum atomic E-state index is 10.8. The molecule has 0 aromatic heterocycles. The summed E-state index contributed by atoms with van der Waals surface area (Å²) < 4.78 is 0. The lowest BCUT2D eigenvalue weighted by molar-refractivity contribution is -0.144. The van der Waals surface area contributed by atoms with Crippen molar-refractivity contribution in [2.45, 2.75) is 32.2 Å². The Morgan fingerprint density at radius 2 is 2.27 bits per heavy atom. The normalized spacial score (nSPS) is 34.5. The average molecular weight is 157 g/mol. The fourth-order valence-electron chi connectivity index (χ4n) is 1.61. The second-order valence-electron chi connectivity index (χ2n) is 3.52. The third kappa shape index (κ3) is 1.25. The summed E-state index contributed by atoms with van der Waals surface area (Å²) in [5.41, 5.74) is 4.78. The molecule has 0 spiro atoms. The van der Waals surface area contributed by atoms with Crippen molar-refractivity contribution >= 4 is 5.97 Å². The van der Waals surface area contributed by atoms with E-state index in [0.29, 0.717) is 12.3 Å². The van der Waals surface area contributed by atoms with E-state index in [2.05, 4.69) is 0 Å². The van der Waals surface area contributed by atoms with Gasteiger partial charge in [0, 0.05) is 0 Å². The maximum absolute atomic E-state index is 10.8. The van der Waals surface area contributed by atoms with E-state index < -0.39 is 11.5 Å². The van der Waals surface area contributed by atoms with Gasteiger partial charge in [-0.15, -0.1) is 0 Å². The van der Waals surface area contributed by atoms with E-state index in [9.17, 15) is 4.79 Å². The van der Waals surface area contributed by atoms with Gasteiger partial charge in [-0.1, -0.05) is 13.8 Å². The van der Waals surface area contributed by atoms with Crippen molar-refractivity contribution in [2.24, 2.45) is 17.6 Å². The van der Waals surface area contributed by atoms with Crippen LogP contribution in [0.4, 0.5) is 0 Å². The third-order valence-electron chi connectivity index (χ3n) is 2.75. The lowest BCUT2D eigenvalue weighted by Crippen LogP contribution is -2.49. The van der Waals surface area contributed by atoms with E-state index in [0.717, 1.165) is 6.42 Å². The fourth-order valence-corrected chi connectivity index (χ4v) is 1.61. The van der Waals surface area contributed by atoms with Gasteiger partial charge in [-0.3, -0.25) is 4.79 Å². The van der Waals surface area contributed by atoms with Crippen LogP contribution in [0.2, 0.25) is 0 Å². The van der Waals surface area contributed by atoms with Crippen LogP contribution < -0.4 is 5.73 Å². The summed E-state index contributed by atoms with van der Waals surface area (Å²) in [7, 11) is 0. The Balaban J connectivity index is 2.68. The van der Waals surface area contributed by atoms with Gasteiger partial charge in [-0.2, -0.15) is 0 Å². The van der Waals surface area contributed by atoms with Gasteiger partial charge in [-0.05, 0) is 24.7 Å². The first-order chi connectivity index (χ1) is 5.02. The van der Waals surface area contributed by atoms with Crippen LogP contribution in [0.3, 0.4) is 0 Å². The van der Waals surface area contributed by atoms with E-state index in [4.69, 9.17) is 10.8 Å². The monoisotopic (exact) mass is 157 g/mol. The molecule has 0 bridgehead atoms. The number of nitrogens with two attached hydrogens (primary N) is 1. The Hall–Kier alpha value is -0.570. The summed E-state index contributed by atoms with van der Waals surface area (Å²) in [5, 5.41) is 8.84. The van der Waals surface area contributed by atoms with Crippen LogP contribution in [0.15, 0.2) is 0 Å². The van der Waals surface area contributed by atoms with Gasteiger partial charge in [0.05, 0.1) is 0 Å². The molecule has 3 nitrogen and oxygen atoms in total. The molecule has 3 N–H and O–H groups in total. The number of rotatable bonds is 3. The molecule has 0 heterocycles. The van der Waals surface area contributed by atoms with Gasteiger partial charge in [0.25, 0.3) is 0 Å². The minimum absolute atomic E-state index is 0.199. The molecular weight excluding hydrogens is 142 g/mol. The zero-order valence-electron chi connectivity index (χ0n) is 7.00. The third-order valence-corrected chi connectivity index (χ3v) is 2.75. The SMILES string of the molecule is CCC(N)(C(=O)O)C1CC1C. The van der Waals surface area contributed by atoms with Gasteiger partial charge < -0.3 is 10.8 Å². The molecule has 3 heteroatoms. The van der Waals surface area contributed by atoms with Crippen molar-refractivity contribution in [3.63, 3.8) is 0 Å². The molecule has 0 radical (unpaired) electrons. The first-order valence-electron chi connectivity index (χ1n) is 4.04. The summed E-state index contributed by atoms with van der Waals surface area (Å²) in [4.78, 5) is 10.8. The van der Waals surface area contributed by atoms with Crippen molar-refractivity contribution in [3.8, 4) is 0 Å². The van der Waals surface area contributed by atoms with Crippen LogP contribution in [0.5, 0.6) is 0 Å². The Labute approximate surface area is 66.6 Å². The van der Waals surface area contributed by atoms with Crippen LogP contribution in [0.25, 0.3) is 0 Å². The quantitative estimate of drug-likeness (QED) is 0.638. The van der Waals surface area contributed by atoms with Crippen molar-refractivity contribution in [1.29, 1.82) is 0 Å². The van der Waals surface area contributed by atoms with Crippen molar-refractivity contribution < 1.29 is 9.90 Å². The molecule has 1 aliphatic carbocycles. The Morgan fingerprint density at radius 3 is 2.36 bits per heavy atom. The molecule has 1 saturated carbocycles. The van der Waals surface area contributed by atoms with Crippen LogP contribution in [-0.4, -0.2) is 16.6 Å². The van der Waals surface area contributed by atoms with Crippen LogP contribution in [0.1, 0.15) is 26.7 Å². The van der Waals surface area contributed by atoms with Crippen LogP contribution in [-0.2, 0) is 4.79 Å². The number of carbonyl (C=O) groups is 1. The molecule has 0 aromatic carbocycles. The maximum Gasteiger partial charge on any atom is 0.323 e. The van der Waals surface area contributed by atoms with Gasteiger partial charge in [0.15, 0.2) is 0 Å². The molecule has 3 unspecified atom stereocenters. The van der Waals surface area contributed by atoms with Crippen LogP contribution >= 0.6 is 0 Å². The largest absolute Gasteiger partial charge is 0.480 e. The highest BCUT2D eigenvalue weighted by atomic mass is 16.4. The number of aliphatic carboxylic acids is 1. The van der Waals surface area contributed by atoms with Gasteiger partial charge in [0.2, 0.25) is 0 Å². The minimum atomic E-state index is -0.959. The van der Waals surface area contributed by atoms with E-state index >= 15 is 0 Å². The minimum Gasteiger partial charge on any atom is -0.480 e. The number of hydrogen-bond acceptors (Lipinski definition) is 2. The molecule has 1 rings (SSSR count). The molecule has 0 amide bonds. The summed E-state index contributed by atoms with van der Waals surface area (Å²) in [5.74, 6) is -0.157. The Morgan fingerprint density at radius 1 is 1.82 bits per heavy atom. The Kier molecular flexibility index (Phi) is 1.92. The molecule has 0 aromatic rings. The molecule has 1 fully saturated rings. The van der Waals surface area contributed by atoms with E-state index in [-0.39, 0.29) is 5.92 Å². The predicted octanol–water partition coefficient (Wildman–Crippen LogP) is 0.834. The topological polar surface area (TPSA) is 63.3 Å². The van der Waals surface area contributed by atoms with Crippen molar-refractivity contribution in [2.75, 3.05) is 0 Å². The molecule has 11 heavy (non-hydrogen) atoms. The first kappa shape index (κ1) is 8.53. The summed E-state index contributed by atoms with van der Waals surface area (Å²) in [6, 6.07) is 0. The molecule has 64 valence electrons. The van der Waals surface area contributed by atoms with Gasteiger partial charge >= 0.3 is 5.97 Å². The highest BCUT2D eigenvalue weighted by Crippen LogP contribution is 2.46. The number of hydrogen-bond donors (Lipinski definition) is 2. The van der Waals surface area contributed by atoms with Crippen LogP contribution in [0, 0.1) is 11.8 Å². The predicted molar refractivity (Wildman–Crippen MR) is 42.1 cm³/mol. The molecule has 0 saturated heterocycles. The lowest BCUT2D eigenvalue weighted by Gasteiger charge is -2.22. The van der Waals surface area contributed by atoms with Crippen molar-refractivity contribution in [3.05, 3.63) is 0 Å². The summed E-state index contributed by atoms with van der Waals surface area (Å²) in [6.07, 6.45) is 1.49. The van der Waals surface area contributed by atoms with Crippen molar-refractivity contribution in [1.82, 2.24) is 0 Å². The second-order valence-corrected chi connectivity index (χ2v) is 3.52. The smallest absolute Gasteiger partial charge is 0.323 e. The standard InChI is InChI=1S/C8H15NO2/c1-3-8(9,7(10)11)6-4-5(6)2/h5-6H,3-4,9H2,1-2H3,(H,10,11). The highest BCUT2D eigenvalue weighted by molar-refractivity contribution is 5.79. The molecule has 3 atom stereocenters. The van der Waals surface area contributed by atoms with E-state index in [1.165, 1.54) is 0 Å². The zero-order chi connectivity index (χ0) is 8.65. The summed E-state index contributed by atoms with van der Waals surface area (Å²) in [6.45, 7) is 3.88. The fraction of sp³-hybridized carbons (Fsp3) is 0.875. The average Bonchev–Trinajstić information content (AvgIpc) is 2.65. The molecular formula is C8H15NO2. The lowest BCUT2D eigenvalue weighted by atomic mass is 9.90.